The smallest absolute Gasteiger partial charge is 0.242 e. The molecule has 0 saturated carbocycles. The van der Waals surface area contributed by atoms with Crippen molar-refractivity contribution >= 4 is 29.0 Å². The molecule has 38 heavy (non-hydrogen) atoms. The molecule has 3 aliphatic rings. The number of anilines is 4. The molecule has 1 aliphatic carbocycles. The first-order valence-electron chi connectivity index (χ1n) is 13.3. The molecule has 2 aliphatic heterocycles. The van der Waals surface area contributed by atoms with E-state index in [9.17, 15) is 9.90 Å². The number of aliphatic hydroxyl groups is 1. The van der Waals surface area contributed by atoms with Crippen LogP contribution < -0.4 is 19.9 Å². The van der Waals surface area contributed by atoms with Crippen LogP contribution in [-0.2, 0) is 24.2 Å². The van der Waals surface area contributed by atoms with Crippen molar-refractivity contribution in [1.82, 2.24) is 14.9 Å². The second kappa shape index (κ2) is 10.1. The minimum atomic E-state index is -0.215. The summed E-state index contributed by atoms with van der Waals surface area (Å²) in [6, 6.07) is 14.7. The molecule has 2 aromatic carbocycles. The molecule has 9 nitrogen and oxygen atoms in total. The van der Waals surface area contributed by atoms with E-state index in [4.69, 9.17) is 9.72 Å². The van der Waals surface area contributed by atoms with Crippen LogP contribution in [0.3, 0.4) is 0 Å². The van der Waals surface area contributed by atoms with Crippen molar-refractivity contribution in [2.45, 2.75) is 44.4 Å². The molecule has 0 bridgehead atoms. The van der Waals surface area contributed by atoms with Crippen LogP contribution in [0.2, 0.25) is 0 Å². The van der Waals surface area contributed by atoms with Crippen molar-refractivity contribution in [3.8, 4) is 5.75 Å². The average molecular weight is 515 g/mol. The van der Waals surface area contributed by atoms with Crippen LogP contribution in [0.25, 0.3) is 0 Å². The van der Waals surface area contributed by atoms with E-state index in [1.54, 1.807) is 12.0 Å². The monoisotopic (exact) mass is 514 g/mol. The highest BCUT2D eigenvalue weighted by Gasteiger charge is 2.33. The predicted octanol–water partition coefficient (Wildman–Crippen LogP) is 3.14. The number of aromatic nitrogens is 2. The molecule has 3 heterocycles. The molecule has 0 atom stereocenters. The summed E-state index contributed by atoms with van der Waals surface area (Å²) in [5, 5.41) is 13.2. The number of carbonyl (C=O) groups is 1. The first-order valence-corrected chi connectivity index (χ1v) is 13.3. The molecule has 3 aromatic rings. The van der Waals surface area contributed by atoms with Crippen molar-refractivity contribution in [2.24, 2.45) is 0 Å². The topological polar surface area (TPSA) is 94.1 Å². The van der Waals surface area contributed by atoms with Crippen LogP contribution >= 0.6 is 0 Å². The number of piperidine rings is 1. The Labute approximate surface area is 223 Å². The number of likely N-dealkylation sites (N-methyl/N-ethyl adjacent to an activating group) is 1. The van der Waals surface area contributed by atoms with Crippen LogP contribution in [0.1, 0.15) is 29.5 Å². The van der Waals surface area contributed by atoms with Crippen LogP contribution in [-0.4, -0.2) is 71.8 Å². The van der Waals surface area contributed by atoms with Gasteiger partial charge in [0.1, 0.15) is 11.6 Å². The summed E-state index contributed by atoms with van der Waals surface area (Å²) < 4.78 is 5.71. The lowest BCUT2D eigenvalue weighted by Gasteiger charge is -2.32. The minimum absolute atomic E-state index is 0.0796. The summed E-state index contributed by atoms with van der Waals surface area (Å²) in [6.45, 7) is 2.41. The number of nitrogens with one attached hydrogen (secondary N) is 1. The third-order valence-corrected chi connectivity index (χ3v) is 7.98. The highest BCUT2D eigenvalue weighted by molar-refractivity contribution is 5.83. The van der Waals surface area contributed by atoms with E-state index < -0.39 is 0 Å². The Morgan fingerprint density at radius 3 is 2.47 bits per heavy atom. The van der Waals surface area contributed by atoms with Crippen LogP contribution in [0.15, 0.2) is 48.7 Å². The van der Waals surface area contributed by atoms with E-state index in [2.05, 4.69) is 50.4 Å². The molecule has 0 unspecified atom stereocenters. The van der Waals surface area contributed by atoms with Gasteiger partial charge in [0.05, 0.1) is 32.0 Å². The van der Waals surface area contributed by atoms with Crippen molar-refractivity contribution in [3.05, 3.63) is 65.4 Å². The van der Waals surface area contributed by atoms with Gasteiger partial charge in [-0.05, 0) is 48.9 Å². The van der Waals surface area contributed by atoms with E-state index in [1.807, 2.05) is 25.4 Å². The molecule has 0 radical (unpaired) electrons. The number of rotatable bonds is 5. The maximum Gasteiger partial charge on any atom is 0.242 e. The van der Waals surface area contributed by atoms with Gasteiger partial charge < -0.3 is 29.9 Å². The normalized spacial score (nSPS) is 18.3. The van der Waals surface area contributed by atoms with Gasteiger partial charge in [-0.25, -0.2) is 4.98 Å². The molecular formula is C29H34N6O3. The molecule has 9 heteroatoms. The summed E-state index contributed by atoms with van der Waals surface area (Å²) in [5.41, 5.74) is 5.45. The van der Waals surface area contributed by atoms with E-state index in [1.165, 1.54) is 11.1 Å². The quantitative estimate of drug-likeness (QED) is 0.537. The van der Waals surface area contributed by atoms with Crippen LogP contribution in [0, 0.1) is 0 Å². The number of carbonyl (C=O) groups excluding carboxylic acids is 1. The Balaban J connectivity index is 1.28. The largest absolute Gasteiger partial charge is 0.494 e. The fourth-order valence-corrected chi connectivity index (χ4v) is 5.79. The Bertz CT molecular complexity index is 1310. The van der Waals surface area contributed by atoms with Gasteiger partial charge in [-0.15, -0.1) is 0 Å². The van der Waals surface area contributed by atoms with Crippen molar-refractivity contribution < 1.29 is 14.6 Å². The first-order chi connectivity index (χ1) is 18.5. The van der Waals surface area contributed by atoms with Crippen molar-refractivity contribution in [3.63, 3.8) is 0 Å². The summed E-state index contributed by atoms with van der Waals surface area (Å²) in [6.07, 6.45) is 4.93. The summed E-state index contributed by atoms with van der Waals surface area (Å²) in [4.78, 5) is 28.7. The van der Waals surface area contributed by atoms with Gasteiger partial charge in [0.15, 0.2) is 0 Å². The molecule has 0 spiro atoms. The molecule has 6 rings (SSSR count). The Morgan fingerprint density at radius 2 is 1.76 bits per heavy atom. The number of fused-ring (bicyclic) bond motifs is 2. The number of aliphatic hydroxyl groups excluding tert-OH is 1. The van der Waals surface area contributed by atoms with Gasteiger partial charge in [-0.2, -0.15) is 4.98 Å². The number of hydrogen-bond acceptors (Lipinski definition) is 8. The fourth-order valence-electron chi connectivity index (χ4n) is 5.79. The average Bonchev–Trinajstić information content (AvgIpc) is 3.32. The minimum Gasteiger partial charge on any atom is -0.494 e. The molecule has 1 saturated heterocycles. The highest BCUT2D eigenvalue weighted by atomic mass is 16.5. The summed E-state index contributed by atoms with van der Waals surface area (Å²) in [5.74, 6) is 2.05. The third-order valence-electron chi connectivity index (χ3n) is 7.98. The van der Waals surface area contributed by atoms with Gasteiger partial charge in [-0.1, -0.05) is 24.3 Å². The second-order valence-corrected chi connectivity index (χ2v) is 10.5. The van der Waals surface area contributed by atoms with Gasteiger partial charge >= 0.3 is 0 Å². The molecular weight excluding hydrogens is 480 g/mol. The highest BCUT2D eigenvalue weighted by Crippen LogP contribution is 2.35. The van der Waals surface area contributed by atoms with Crippen molar-refractivity contribution in [1.29, 1.82) is 0 Å². The van der Waals surface area contributed by atoms with Crippen LogP contribution in [0.4, 0.5) is 23.1 Å². The summed E-state index contributed by atoms with van der Waals surface area (Å²) in [7, 11) is 3.49. The van der Waals surface area contributed by atoms with Crippen molar-refractivity contribution in [2.75, 3.05) is 48.9 Å². The van der Waals surface area contributed by atoms with E-state index >= 15 is 0 Å². The fraction of sp³-hybridized carbons (Fsp3) is 0.414. The Morgan fingerprint density at radius 1 is 1.03 bits per heavy atom. The lowest BCUT2D eigenvalue weighted by atomic mass is 10.1. The molecule has 1 fully saturated rings. The number of hydrogen-bond donors (Lipinski definition) is 2. The molecule has 2 N–H and O–H groups in total. The number of amides is 1. The number of nitrogens with zero attached hydrogens (tertiary/aromatic N) is 5. The lowest BCUT2D eigenvalue weighted by Crippen LogP contribution is -2.42. The lowest BCUT2D eigenvalue weighted by molar-refractivity contribution is -0.128. The predicted molar refractivity (Wildman–Crippen MR) is 147 cm³/mol. The zero-order valence-electron chi connectivity index (χ0n) is 21.9. The zero-order valence-corrected chi connectivity index (χ0v) is 21.9. The standard InChI is InChI=1S/C29H34N6O3/c1-33-17-21-16-30-29(31-25-8-7-22(15-26(25)38-2)34-11-9-24(36)10-12-34)32-28(21)35(18-27(33)37)23-13-19-5-3-4-6-20(19)14-23/h3-8,15-16,23-24,36H,9-14,17-18H2,1-2H3,(H,30,31,32). The number of ether oxygens (including phenoxy) is 1. The van der Waals surface area contributed by atoms with E-state index in [0.29, 0.717) is 24.8 Å². The number of methoxy groups -OCH3 is 1. The Kier molecular flexibility index (Phi) is 6.53. The zero-order chi connectivity index (χ0) is 26.2. The SMILES string of the molecule is COc1cc(N2CCC(O)CC2)ccc1Nc1ncc2c(n1)N(C1Cc3ccccc3C1)CC(=O)N(C)C2. The second-order valence-electron chi connectivity index (χ2n) is 10.5. The molecule has 1 amide bonds. The van der Waals surface area contributed by atoms with Gasteiger partial charge in [0, 0.05) is 49.7 Å². The van der Waals surface area contributed by atoms with Gasteiger partial charge in [-0.3, -0.25) is 4.79 Å². The van der Waals surface area contributed by atoms with Crippen LogP contribution in [0.5, 0.6) is 5.75 Å². The molecule has 1 aromatic heterocycles. The first kappa shape index (κ1) is 24.5. The Hall–Kier alpha value is -3.85. The van der Waals surface area contributed by atoms with Gasteiger partial charge in [0.2, 0.25) is 11.9 Å². The van der Waals surface area contributed by atoms with E-state index in [-0.39, 0.29) is 18.1 Å². The maximum absolute atomic E-state index is 12.9. The molecule has 198 valence electrons. The van der Waals surface area contributed by atoms with Gasteiger partial charge in [0.25, 0.3) is 0 Å². The maximum atomic E-state index is 12.9. The third kappa shape index (κ3) is 4.74. The number of benzene rings is 2. The van der Waals surface area contributed by atoms with E-state index in [0.717, 1.165) is 61.5 Å². The summed E-state index contributed by atoms with van der Waals surface area (Å²) >= 11 is 0.